The molecule has 0 saturated heterocycles. The van der Waals surface area contributed by atoms with Crippen LogP contribution in [-0.2, 0) is 4.74 Å². The summed E-state index contributed by atoms with van der Waals surface area (Å²) in [5.74, 6) is -0.509. The molecule has 0 heterocycles. The van der Waals surface area contributed by atoms with E-state index >= 15 is 0 Å². The van der Waals surface area contributed by atoms with Crippen molar-refractivity contribution in [1.29, 1.82) is 0 Å². The van der Waals surface area contributed by atoms with Crippen molar-refractivity contribution >= 4 is 0 Å². The van der Waals surface area contributed by atoms with Crippen molar-refractivity contribution in [3.63, 3.8) is 0 Å². The molecule has 1 aliphatic rings. The largest absolute Gasteiger partial charge is 0.373 e. The maximum atomic E-state index is 14.2. The molecule has 0 amide bonds. The standard InChI is InChI=1S/C17H25F2NO/c1-4-21-17(9-5-6-12(2)11-17)16(20-3)14-8-7-13(18)10-15(14)19/h7-8,10,12,16,20H,4-6,9,11H2,1-3H3. The molecule has 1 N–H and O–H groups in total. The Hall–Kier alpha value is -1.00. The Morgan fingerprint density at radius 3 is 2.76 bits per heavy atom. The molecule has 0 aromatic heterocycles. The summed E-state index contributed by atoms with van der Waals surface area (Å²) in [6, 6.07) is 3.53. The number of hydrogen-bond acceptors (Lipinski definition) is 2. The number of benzene rings is 1. The van der Waals surface area contributed by atoms with Gasteiger partial charge in [-0.15, -0.1) is 0 Å². The number of rotatable bonds is 5. The van der Waals surface area contributed by atoms with Gasteiger partial charge in [0.15, 0.2) is 0 Å². The molecule has 118 valence electrons. The first-order valence-corrected chi connectivity index (χ1v) is 7.78. The minimum Gasteiger partial charge on any atom is -0.373 e. The number of hydrogen-bond donors (Lipinski definition) is 1. The molecule has 3 atom stereocenters. The molecule has 1 saturated carbocycles. The summed E-state index contributed by atoms with van der Waals surface area (Å²) in [6.45, 7) is 4.77. The number of halogens is 2. The molecule has 0 radical (unpaired) electrons. The molecule has 4 heteroatoms. The summed E-state index contributed by atoms with van der Waals surface area (Å²) in [5, 5.41) is 3.21. The third-order valence-corrected chi connectivity index (χ3v) is 4.51. The van der Waals surface area contributed by atoms with Crippen LogP contribution in [0.15, 0.2) is 18.2 Å². The second-order valence-electron chi connectivity index (χ2n) is 6.09. The quantitative estimate of drug-likeness (QED) is 0.879. The molecule has 0 spiro atoms. The Balaban J connectivity index is 2.39. The molecule has 1 aliphatic carbocycles. The third-order valence-electron chi connectivity index (χ3n) is 4.51. The highest BCUT2D eigenvalue weighted by Gasteiger charge is 2.43. The molecule has 2 nitrogen and oxygen atoms in total. The van der Waals surface area contributed by atoms with Gasteiger partial charge in [-0.2, -0.15) is 0 Å². The van der Waals surface area contributed by atoms with Crippen molar-refractivity contribution in [3.05, 3.63) is 35.4 Å². The maximum Gasteiger partial charge on any atom is 0.131 e. The van der Waals surface area contributed by atoms with E-state index in [2.05, 4.69) is 12.2 Å². The van der Waals surface area contributed by atoms with Gasteiger partial charge in [-0.1, -0.05) is 25.8 Å². The molecule has 1 aromatic rings. The topological polar surface area (TPSA) is 21.3 Å². The van der Waals surface area contributed by atoms with Gasteiger partial charge in [-0.3, -0.25) is 0 Å². The van der Waals surface area contributed by atoms with Gasteiger partial charge in [0.1, 0.15) is 11.6 Å². The minimum atomic E-state index is -0.548. The van der Waals surface area contributed by atoms with Crippen LogP contribution in [0.3, 0.4) is 0 Å². The Labute approximate surface area is 125 Å². The third kappa shape index (κ3) is 3.43. The van der Waals surface area contributed by atoms with Gasteiger partial charge in [-0.25, -0.2) is 8.78 Å². The molecular weight excluding hydrogens is 272 g/mol. The van der Waals surface area contributed by atoms with Gasteiger partial charge in [-0.05, 0) is 38.8 Å². The molecule has 1 fully saturated rings. The van der Waals surface area contributed by atoms with Crippen LogP contribution in [0.4, 0.5) is 8.78 Å². The van der Waals surface area contributed by atoms with E-state index in [1.165, 1.54) is 18.6 Å². The molecule has 3 unspecified atom stereocenters. The van der Waals surface area contributed by atoms with Gasteiger partial charge in [0.05, 0.1) is 11.6 Å². The van der Waals surface area contributed by atoms with Crippen molar-refractivity contribution in [3.8, 4) is 0 Å². The lowest BCUT2D eigenvalue weighted by Gasteiger charge is -2.45. The number of nitrogens with one attached hydrogen (secondary N) is 1. The smallest absolute Gasteiger partial charge is 0.131 e. The van der Waals surface area contributed by atoms with Gasteiger partial charge in [0.25, 0.3) is 0 Å². The Bertz CT molecular complexity index is 476. The average Bonchev–Trinajstić information content (AvgIpc) is 2.42. The SMILES string of the molecule is CCOC1(C(NC)c2ccc(F)cc2F)CCCC(C)C1. The Morgan fingerprint density at radius 2 is 2.19 bits per heavy atom. The second kappa shape index (κ2) is 6.84. The van der Waals surface area contributed by atoms with Crippen molar-refractivity contribution in [1.82, 2.24) is 5.32 Å². The van der Waals surface area contributed by atoms with Crippen molar-refractivity contribution in [2.75, 3.05) is 13.7 Å². The van der Waals surface area contributed by atoms with Crippen LogP contribution in [-0.4, -0.2) is 19.3 Å². The van der Waals surface area contributed by atoms with Crippen LogP contribution in [0.25, 0.3) is 0 Å². The lowest BCUT2D eigenvalue weighted by molar-refractivity contribution is -0.101. The lowest BCUT2D eigenvalue weighted by atomic mass is 9.72. The summed E-state index contributed by atoms with van der Waals surface area (Å²) >= 11 is 0. The number of likely N-dealkylation sites (N-methyl/N-ethyl adjacent to an activating group) is 1. The zero-order valence-corrected chi connectivity index (χ0v) is 13.1. The molecule has 0 bridgehead atoms. The second-order valence-corrected chi connectivity index (χ2v) is 6.09. The van der Waals surface area contributed by atoms with Gasteiger partial charge in [0, 0.05) is 18.2 Å². The highest BCUT2D eigenvalue weighted by molar-refractivity contribution is 5.25. The fourth-order valence-corrected chi connectivity index (χ4v) is 3.75. The van der Waals surface area contributed by atoms with Crippen molar-refractivity contribution in [2.24, 2.45) is 5.92 Å². The summed E-state index contributed by atoms with van der Waals surface area (Å²) in [7, 11) is 1.81. The van der Waals surface area contributed by atoms with Crippen LogP contribution in [0.1, 0.15) is 51.1 Å². The normalized spacial score (nSPS) is 27.6. The molecular formula is C17H25F2NO. The Morgan fingerprint density at radius 1 is 1.43 bits per heavy atom. The predicted molar refractivity (Wildman–Crippen MR) is 80.1 cm³/mol. The average molecular weight is 297 g/mol. The monoisotopic (exact) mass is 297 g/mol. The van der Waals surface area contributed by atoms with Crippen LogP contribution in [0.2, 0.25) is 0 Å². The molecule has 21 heavy (non-hydrogen) atoms. The van der Waals surface area contributed by atoms with Gasteiger partial charge < -0.3 is 10.1 Å². The number of ether oxygens (including phenoxy) is 1. The van der Waals surface area contributed by atoms with E-state index in [4.69, 9.17) is 4.74 Å². The van der Waals surface area contributed by atoms with E-state index < -0.39 is 17.2 Å². The molecule has 0 aliphatic heterocycles. The molecule has 2 rings (SSSR count). The highest BCUT2D eigenvalue weighted by Crippen LogP contribution is 2.44. The fraction of sp³-hybridized carbons (Fsp3) is 0.647. The van der Waals surface area contributed by atoms with Crippen molar-refractivity contribution < 1.29 is 13.5 Å². The van der Waals surface area contributed by atoms with E-state index in [1.807, 2.05) is 14.0 Å². The van der Waals surface area contributed by atoms with E-state index in [-0.39, 0.29) is 6.04 Å². The zero-order valence-electron chi connectivity index (χ0n) is 13.1. The van der Waals surface area contributed by atoms with Crippen LogP contribution in [0, 0.1) is 17.6 Å². The van der Waals surface area contributed by atoms with Crippen molar-refractivity contribution in [2.45, 2.75) is 51.2 Å². The first-order chi connectivity index (χ1) is 10.0. The Kier molecular flexibility index (Phi) is 5.33. The summed E-state index contributed by atoms with van der Waals surface area (Å²) in [5.41, 5.74) is 0.0706. The first-order valence-electron chi connectivity index (χ1n) is 7.78. The van der Waals surface area contributed by atoms with E-state index in [0.717, 1.165) is 25.3 Å². The highest BCUT2D eigenvalue weighted by atomic mass is 19.1. The van der Waals surface area contributed by atoms with Gasteiger partial charge in [0.2, 0.25) is 0 Å². The molecule has 1 aromatic carbocycles. The summed E-state index contributed by atoms with van der Waals surface area (Å²) in [6.07, 6.45) is 4.04. The maximum absolute atomic E-state index is 14.2. The van der Waals surface area contributed by atoms with Crippen LogP contribution in [0.5, 0.6) is 0 Å². The summed E-state index contributed by atoms with van der Waals surface area (Å²) < 4.78 is 33.5. The minimum absolute atomic E-state index is 0.263. The predicted octanol–water partition coefficient (Wildman–Crippen LogP) is 4.21. The van der Waals surface area contributed by atoms with Gasteiger partial charge >= 0.3 is 0 Å². The fourth-order valence-electron chi connectivity index (χ4n) is 3.75. The summed E-state index contributed by atoms with van der Waals surface area (Å²) in [4.78, 5) is 0. The van der Waals surface area contributed by atoms with E-state index in [0.29, 0.717) is 18.1 Å². The van der Waals surface area contributed by atoms with E-state index in [9.17, 15) is 8.78 Å². The van der Waals surface area contributed by atoms with Crippen LogP contribution < -0.4 is 5.32 Å². The van der Waals surface area contributed by atoms with E-state index in [1.54, 1.807) is 0 Å². The zero-order chi connectivity index (χ0) is 15.5. The first kappa shape index (κ1) is 16.4. The van der Waals surface area contributed by atoms with Crippen LogP contribution >= 0.6 is 0 Å². The lowest BCUT2D eigenvalue weighted by Crippen LogP contribution is -2.48.